The molecule has 2 aromatic carbocycles. The molecule has 0 fully saturated rings. The van der Waals surface area contributed by atoms with Crippen molar-refractivity contribution in [3.05, 3.63) is 94.9 Å². The summed E-state index contributed by atoms with van der Waals surface area (Å²) in [6.45, 7) is 1.36. The second kappa shape index (κ2) is 12.2. The van der Waals surface area contributed by atoms with Crippen LogP contribution in [0, 0.1) is 11.8 Å². The second-order valence-corrected chi connectivity index (χ2v) is 7.62. The van der Waals surface area contributed by atoms with Gasteiger partial charge in [0.05, 0.1) is 12.8 Å². The molecule has 0 saturated carbocycles. The van der Waals surface area contributed by atoms with Crippen LogP contribution in [0.25, 0.3) is 0 Å². The van der Waals surface area contributed by atoms with E-state index in [9.17, 15) is 14.4 Å². The lowest BCUT2D eigenvalue weighted by molar-refractivity contribution is -0.140. The molecule has 3 amide bonds. The number of carbonyl (C=O) groups is 3. The zero-order chi connectivity index (χ0) is 25.2. The molecule has 0 aliphatic carbocycles. The third kappa shape index (κ3) is 6.80. The number of rotatable bonds is 8. The molecule has 0 aliphatic heterocycles. The average molecular weight is 475 g/mol. The van der Waals surface area contributed by atoms with Crippen molar-refractivity contribution >= 4 is 17.7 Å². The van der Waals surface area contributed by atoms with E-state index in [1.54, 1.807) is 30.5 Å². The van der Waals surface area contributed by atoms with E-state index in [0.717, 1.165) is 21.8 Å². The Kier molecular flexibility index (Phi) is 8.78. The van der Waals surface area contributed by atoms with Gasteiger partial charge in [0.25, 0.3) is 17.7 Å². The van der Waals surface area contributed by atoms with E-state index < -0.39 is 23.8 Å². The summed E-state index contributed by atoms with van der Waals surface area (Å²) in [4.78, 5) is 37.5. The highest BCUT2D eigenvalue weighted by Crippen LogP contribution is 2.10. The van der Waals surface area contributed by atoms with Crippen LogP contribution < -0.4 is 16.1 Å². The van der Waals surface area contributed by atoms with Crippen molar-refractivity contribution in [1.82, 2.24) is 21.0 Å². The zero-order valence-corrected chi connectivity index (χ0v) is 19.4. The molecule has 0 saturated heterocycles. The van der Waals surface area contributed by atoms with Crippen molar-refractivity contribution in [2.24, 2.45) is 0 Å². The van der Waals surface area contributed by atoms with Gasteiger partial charge in [-0.2, -0.15) is 0 Å². The van der Waals surface area contributed by atoms with Gasteiger partial charge in [-0.05, 0) is 54.1 Å². The molecule has 1 heterocycles. The maximum Gasteiger partial charge on any atom is 0.275 e. The molecule has 4 N–H and O–H groups in total. The van der Waals surface area contributed by atoms with Crippen LogP contribution in [0.3, 0.4) is 0 Å². The Bertz CT molecular complexity index is 1190. The molecule has 1 unspecified atom stereocenters. The molecule has 0 aliphatic rings. The first kappa shape index (κ1) is 25.2. The summed E-state index contributed by atoms with van der Waals surface area (Å²) >= 11 is 0. The first-order chi connectivity index (χ1) is 16.9. The quantitative estimate of drug-likeness (QED) is 0.170. The lowest BCUT2D eigenvalue weighted by atomic mass is 10.1. The summed E-state index contributed by atoms with van der Waals surface area (Å²) in [5, 5.41) is 14.5. The molecule has 3 aromatic rings. The summed E-state index contributed by atoms with van der Waals surface area (Å²) in [6.07, 6.45) is 1.65. The SMILES string of the molecule is CNC(=O)C(C(=O)NO)N(C)C(=O)c1ccc(C#Cc2ccc(CNCc3ccco3)cc2)cc1. The highest BCUT2D eigenvalue weighted by Gasteiger charge is 2.33. The van der Waals surface area contributed by atoms with Gasteiger partial charge in [0, 0.05) is 37.3 Å². The molecular formula is C26H26N4O5. The Labute approximate surface area is 203 Å². The van der Waals surface area contributed by atoms with Gasteiger partial charge >= 0.3 is 0 Å². The monoisotopic (exact) mass is 474 g/mol. The largest absolute Gasteiger partial charge is 0.468 e. The minimum Gasteiger partial charge on any atom is -0.468 e. The number of hydrogen-bond acceptors (Lipinski definition) is 6. The molecule has 0 spiro atoms. The smallest absolute Gasteiger partial charge is 0.275 e. The van der Waals surface area contributed by atoms with Crippen LogP contribution in [-0.2, 0) is 22.7 Å². The maximum absolute atomic E-state index is 12.7. The van der Waals surface area contributed by atoms with Crippen molar-refractivity contribution in [2.75, 3.05) is 14.1 Å². The number of hydrogen-bond donors (Lipinski definition) is 4. The number of nitrogens with one attached hydrogen (secondary N) is 3. The number of nitrogens with zero attached hydrogens (tertiary/aromatic N) is 1. The minimum absolute atomic E-state index is 0.268. The molecular weight excluding hydrogens is 448 g/mol. The van der Waals surface area contributed by atoms with E-state index in [4.69, 9.17) is 9.62 Å². The molecule has 0 bridgehead atoms. The van der Waals surface area contributed by atoms with Crippen LogP contribution >= 0.6 is 0 Å². The summed E-state index contributed by atoms with van der Waals surface area (Å²) in [6, 6.07) is 16.6. The van der Waals surface area contributed by atoms with Gasteiger partial charge in [-0.25, -0.2) is 5.48 Å². The Hall–Kier alpha value is -4.39. The second-order valence-electron chi connectivity index (χ2n) is 7.62. The van der Waals surface area contributed by atoms with Crippen molar-refractivity contribution in [2.45, 2.75) is 19.1 Å². The fourth-order valence-corrected chi connectivity index (χ4v) is 3.28. The summed E-state index contributed by atoms with van der Waals surface area (Å²) in [7, 11) is 2.64. The van der Waals surface area contributed by atoms with Crippen LogP contribution in [-0.4, -0.2) is 48.0 Å². The molecule has 9 heteroatoms. The van der Waals surface area contributed by atoms with Crippen LogP contribution in [0.4, 0.5) is 0 Å². The summed E-state index contributed by atoms with van der Waals surface area (Å²) in [5.74, 6) is 4.72. The first-order valence-corrected chi connectivity index (χ1v) is 10.8. The molecule has 35 heavy (non-hydrogen) atoms. The van der Waals surface area contributed by atoms with E-state index >= 15 is 0 Å². The Balaban J connectivity index is 1.60. The van der Waals surface area contributed by atoms with Crippen LogP contribution in [0.5, 0.6) is 0 Å². The number of carbonyl (C=O) groups excluding carboxylic acids is 3. The van der Waals surface area contributed by atoms with Gasteiger partial charge in [-0.3, -0.25) is 19.6 Å². The lowest BCUT2D eigenvalue weighted by Gasteiger charge is -2.25. The number of benzene rings is 2. The molecule has 1 atom stereocenters. The van der Waals surface area contributed by atoms with Gasteiger partial charge in [0.15, 0.2) is 6.04 Å². The number of likely N-dealkylation sites (N-methyl/N-ethyl adjacent to an activating group) is 2. The van der Waals surface area contributed by atoms with E-state index in [2.05, 4.69) is 22.5 Å². The maximum atomic E-state index is 12.7. The first-order valence-electron chi connectivity index (χ1n) is 10.8. The summed E-state index contributed by atoms with van der Waals surface area (Å²) < 4.78 is 5.29. The Morgan fingerprint density at radius 2 is 1.57 bits per heavy atom. The van der Waals surface area contributed by atoms with E-state index in [0.29, 0.717) is 18.7 Å². The highest BCUT2D eigenvalue weighted by atomic mass is 16.5. The molecule has 3 rings (SSSR count). The lowest BCUT2D eigenvalue weighted by Crippen LogP contribution is -2.54. The van der Waals surface area contributed by atoms with Crippen LogP contribution in [0.15, 0.2) is 71.3 Å². The van der Waals surface area contributed by atoms with Gasteiger partial charge in [0.2, 0.25) is 0 Å². The van der Waals surface area contributed by atoms with Crippen molar-refractivity contribution in [3.8, 4) is 11.8 Å². The standard InChI is InChI=1S/C26H26N4O5/c1-27-24(31)23(25(32)29-34)30(2)26(33)21-13-11-19(12-14-21)6-5-18-7-9-20(10-8-18)16-28-17-22-4-3-15-35-22/h3-4,7-15,23,28,34H,16-17H2,1-2H3,(H,27,31)(H,29,32). The number of amides is 3. The fourth-order valence-electron chi connectivity index (χ4n) is 3.28. The van der Waals surface area contributed by atoms with E-state index in [-0.39, 0.29) is 5.56 Å². The third-order valence-electron chi connectivity index (χ3n) is 5.21. The van der Waals surface area contributed by atoms with Crippen molar-refractivity contribution in [3.63, 3.8) is 0 Å². The van der Waals surface area contributed by atoms with Gasteiger partial charge in [-0.15, -0.1) is 0 Å². The Morgan fingerprint density at radius 3 is 2.11 bits per heavy atom. The Morgan fingerprint density at radius 1 is 0.943 bits per heavy atom. The van der Waals surface area contributed by atoms with Gasteiger partial charge in [0.1, 0.15) is 5.76 Å². The van der Waals surface area contributed by atoms with Crippen LogP contribution in [0.1, 0.15) is 32.8 Å². The third-order valence-corrected chi connectivity index (χ3v) is 5.21. The van der Waals surface area contributed by atoms with Crippen molar-refractivity contribution in [1.29, 1.82) is 0 Å². The molecule has 1 aromatic heterocycles. The fraction of sp³-hybridized carbons (Fsp3) is 0.192. The van der Waals surface area contributed by atoms with Gasteiger partial charge in [-0.1, -0.05) is 24.0 Å². The normalized spacial score (nSPS) is 11.1. The molecule has 0 radical (unpaired) electrons. The topological polar surface area (TPSA) is 124 Å². The predicted octanol–water partition coefficient (Wildman–Crippen LogP) is 1.66. The molecule has 180 valence electrons. The van der Waals surface area contributed by atoms with Gasteiger partial charge < -0.3 is 20.0 Å². The minimum atomic E-state index is -1.51. The summed E-state index contributed by atoms with van der Waals surface area (Å²) in [5.41, 5.74) is 4.35. The van der Waals surface area contributed by atoms with Crippen LogP contribution in [0.2, 0.25) is 0 Å². The van der Waals surface area contributed by atoms with Crippen molar-refractivity contribution < 1.29 is 24.0 Å². The number of furan rings is 1. The predicted molar refractivity (Wildman–Crippen MR) is 128 cm³/mol. The average Bonchev–Trinajstić information content (AvgIpc) is 3.41. The zero-order valence-electron chi connectivity index (χ0n) is 19.4. The van der Waals surface area contributed by atoms with E-state index in [1.807, 2.05) is 36.4 Å². The molecule has 9 nitrogen and oxygen atoms in total. The van der Waals surface area contributed by atoms with E-state index in [1.165, 1.54) is 19.6 Å². The number of hydroxylamine groups is 1. The highest BCUT2D eigenvalue weighted by molar-refractivity contribution is 6.08.